The first-order valence-electron chi connectivity index (χ1n) is 6.14. The molecule has 0 spiro atoms. The molecule has 0 aromatic heterocycles. The first kappa shape index (κ1) is 12.8. The fourth-order valence-corrected chi connectivity index (χ4v) is 2.38. The van der Waals surface area contributed by atoms with Crippen LogP contribution in [0.15, 0.2) is 30.3 Å². The predicted octanol–water partition coefficient (Wildman–Crippen LogP) is 2.82. The van der Waals surface area contributed by atoms with Crippen molar-refractivity contribution >= 4 is 35.3 Å². The average molecular weight is 282 g/mol. The predicted molar refractivity (Wildman–Crippen MR) is 79.0 cm³/mol. The van der Waals surface area contributed by atoms with Crippen molar-refractivity contribution in [2.45, 2.75) is 6.42 Å². The van der Waals surface area contributed by atoms with Gasteiger partial charge in [0, 0.05) is 23.1 Å². The van der Waals surface area contributed by atoms with E-state index in [1.165, 1.54) is 0 Å². The molecule has 3 rings (SSSR count). The van der Waals surface area contributed by atoms with E-state index >= 15 is 0 Å². The molecular weight excluding hydrogens is 272 g/mol. The first-order valence-corrected chi connectivity index (χ1v) is 6.77. The molecule has 0 fully saturated rings. The normalized spacial score (nSPS) is 12.8. The molecule has 98 valence electrons. The summed E-state index contributed by atoms with van der Waals surface area (Å²) in [5.74, 6) is 5.56. The van der Waals surface area contributed by atoms with Crippen molar-refractivity contribution in [2.75, 3.05) is 5.75 Å². The van der Waals surface area contributed by atoms with Gasteiger partial charge in [0.25, 0.3) is 0 Å². The van der Waals surface area contributed by atoms with Crippen LogP contribution in [0.3, 0.4) is 0 Å². The zero-order valence-electron chi connectivity index (χ0n) is 10.5. The Morgan fingerprint density at radius 1 is 1.05 bits per heavy atom. The molecule has 2 aromatic carbocycles. The van der Waals surface area contributed by atoms with Crippen molar-refractivity contribution in [3.63, 3.8) is 0 Å². The third-order valence-corrected chi connectivity index (χ3v) is 3.35. The molecule has 0 unspecified atom stereocenters. The lowest BCUT2D eigenvalue weighted by molar-refractivity contribution is 0.0391. The van der Waals surface area contributed by atoms with Gasteiger partial charge in [-0.05, 0) is 23.6 Å². The molecule has 0 saturated heterocycles. The number of carbonyl (C=O) groups excluding carboxylic acids is 2. The van der Waals surface area contributed by atoms with Crippen molar-refractivity contribution in [3.8, 4) is 11.8 Å². The van der Waals surface area contributed by atoms with Gasteiger partial charge in [0.05, 0.1) is 11.1 Å². The molecule has 0 amide bonds. The van der Waals surface area contributed by atoms with Crippen molar-refractivity contribution in [2.24, 2.45) is 0 Å². The standard InChI is InChI=1S/C16H10O3S/c17-15-12-6-3-5-11-10(4-1-2-9-20)7-8-13(14(11)12)16(18)19-15/h3,5-8,20H,2,9H2. The number of rotatable bonds is 1. The van der Waals surface area contributed by atoms with E-state index in [-0.39, 0.29) is 0 Å². The first-order chi connectivity index (χ1) is 9.72. The van der Waals surface area contributed by atoms with Gasteiger partial charge in [-0.2, -0.15) is 12.6 Å². The van der Waals surface area contributed by atoms with Gasteiger partial charge in [-0.25, -0.2) is 9.59 Å². The van der Waals surface area contributed by atoms with Crippen molar-refractivity contribution < 1.29 is 14.3 Å². The Morgan fingerprint density at radius 2 is 1.80 bits per heavy atom. The number of esters is 2. The van der Waals surface area contributed by atoms with Crippen LogP contribution in [0.1, 0.15) is 32.7 Å². The molecule has 3 nitrogen and oxygen atoms in total. The van der Waals surface area contributed by atoms with Gasteiger partial charge < -0.3 is 4.74 Å². The molecule has 0 radical (unpaired) electrons. The van der Waals surface area contributed by atoms with E-state index in [2.05, 4.69) is 24.5 Å². The van der Waals surface area contributed by atoms with E-state index < -0.39 is 11.9 Å². The molecule has 0 atom stereocenters. The minimum atomic E-state index is -0.603. The topological polar surface area (TPSA) is 43.4 Å². The molecule has 1 heterocycles. The average Bonchev–Trinajstić information content (AvgIpc) is 2.45. The Hall–Kier alpha value is -2.25. The van der Waals surface area contributed by atoms with Gasteiger partial charge >= 0.3 is 11.9 Å². The second-order valence-electron chi connectivity index (χ2n) is 4.34. The molecule has 0 N–H and O–H groups in total. The Morgan fingerprint density at radius 3 is 2.55 bits per heavy atom. The summed E-state index contributed by atoms with van der Waals surface area (Å²) in [5.41, 5.74) is 1.62. The summed E-state index contributed by atoms with van der Waals surface area (Å²) in [7, 11) is 0. The molecule has 20 heavy (non-hydrogen) atoms. The lowest BCUT2D eigenvalue weighted by Crippen LogP contribution is -2.19. The third-order valence-electron chi connectivity index (χ3n) is 3.13. The Bertz CT molecular complexity index is 776. The highest BCUT2D eigenvalue weighted by Gasteiger charge is 2.27. The quantitative estimate of drug-likeness (QED) is 0.378. The van der Waals surface area contributed by atoms with Crippen LogP contribution < -0.4 is 0 Å². The highest BCUT2D eigenvalue weighted by molar-refractivity contribution is 7.80. The van der Waals surface area contributed by atoms with Gasteiger partial charge in [-0.15, -0.1) is 0 Å². The van der Waals surface area contributed by atoms with E-state index in [1.54, 1.807) is 24.3 Å². The minimum absolute atomic E-state index is 0.412. The molecule has 4 heteroatoms. The smallest absolute Gasteiger partial charge is 0.346 e. The number of ether oxygens (including phenoxy) is 1. The Kier molecular flexibility index (Phi) is 3.21. The van der Waals surface area contributed by atoms with Crippen LogP contribution >= 0.6 is 12.6 Å². The summed E-state index contributed by atoms with van der Waals surface area (Å²) in [5, 5.41) is 1.43. The lowest BCUT2D eigenvalue weighted by Gasteiger charge is -2.15. The summed E-state index contributed by atoms with van der Waals surface area (Å²) < 4.78 is 4.72. The number of carbonyl (C=O) groups is 2. The maximum absolute atomic E-state index is 11.8. The number of cyclic esters (lactones) is 2. The summed E-state index contributed by atoms with van der Waals surface area (Å²) >= 11 is 4.11. The molecule has 1 aliphatic rings. The lowest BCUT2D eigenvalue weighted by atomic mass is 9.94. The molecule has 2 aromatic rings. The number of benzene rings is 2. The van der Waals surface area contributed by atoms with Crippen LogP contribution in [0, 0.1) is 11.8 Å². The summed E-state index contributed by atoms with van der Waals surface area (Å²) in [6, 6.07) is 8.72. The van der Waals surface area contributed by atoms with E-state index in [4.69, 9.17) is 4.74 Å². The SMILES string of the molecule is O=C1OC(=O)c2ccc(C#CCCS)c3cccc1c23. The fraction of sp³-hybridized carbons (Fsp3) is 0.125. The van der Waals surface area contributed by atoms with Crippen LogP contribution in [-0.4, -0.2) is 17.7 Å². The van der Waals surface area contributed by atoms with Crippen LogP contribution in [0.25, 0.3) is 10.8 Å². The van der Waals surface area contributed by atoms with Gasteiger partial charge in [0.2, 0.25) is 0 Å². The van der Waals surface area contributed by atoms with Crippen molar-refractivity contribution in [1.82, 2.24) is 0 Å². The summed E-state index contributed by atoms with van der Waals surface area (Å²) in [6.45, 7) is 0. The van der Waals surface area contributed by atoms with Gasteiger partial charge in [-0.1, -0.05) is 24.0 Å². The number of hydrogen-bond donors (Lipinski definition) is 1. The van der Waals surface area contributed by atoms with Gasteiger partial charge in [0.15, 0.2) is 0 Å². The van der Waals surface area contributed by atoms with Crippen LogP contribution in [-0.2, 0) is 4.74 Å². The van der Waals surface area contributed by atoms with Crippen LogP contribution in [0.5, 0.6) is 0 Å². The third kappa shape index (κ3) is 1.97. The highest BCUT2D eigenvalue weighted by atomic mass is 32.1. The minimum Gasteiger partial charge on any atom is -0.386 e. The molecular formula is C16H10O3S. The second kappa shape index (κ2) is 5.03. The monoisotopic (exact) mass is 282 g/mol. The molecule has 0 bridgehead atoms. The number of hydrogen-bond acceptors (Lipinski definition) is 4. The van der Waals surface area contributed by atoms with Gasteiger partial charge in [0.1, 0.15) is 0 Å². The van der Waals surface area contributed by atoms with Crippen molar-refractivity contribution in [3.05, 3.63) is 47.0 Å². The van der Waals surface area contributed by atoms with E-state index in [1.807, 2.05) is 6.07 Å². The van der Waals surface area contributed by atoms with E-state index in [0.717, 1.165) is 10.9 Å². The Balaban J connectivity index is 2.30. The fourth-order valence-electron chi connectivity index (χ4n) is 2.26. The zero-order chi connectivity index (χ0) is 14.1. The Labute approximate surface area is 121 Å². The number of thiol groups is 1. The maximum Gasteiger partial charge on any atom is 0.346 e. The summed E-state index contributed by atoms with van der Waals surface area (Å²) in [6.07, 6.45) is 0.688. The van der Waals surface area contributed by atoms with Gasteiger partial charge in [-0.3, -0.25) is 0 Å². The van der Waals surface area contributed by atoms with Crippen LogP contribution in [0.2, 0.25) is 0 Å². The van der Waals surface area contributed by atoms with E-state index in [9.17, 15) is 9.59 Å². The van der Waals surface area contributed by atoms with Crippen LogP contribution in [0.4, 0.5) is 0 Å². The van der Waals surface area contributed by atoms with Crippen molar-refractivity contribution in [1.29, 1.82) is 0 Å². The van der Waals surface area contributed by atoms with E-state index in [0.29, 0.717) is 28.7 Å². The molecule has 0 saturated carbocycles. The maximum atomic E-state index is 11.8. The molecule has 1 aliphatic heterocycles. The molecule has 0 aliphatic carbocycles. The second-order valence-corrected chi connectivity index (χ2v) is 4.79. The highest BCUT2D eigenvalue weighted by Crippen LogP contribution is 2.30. The summed E-state index contributed by atoms with van der Waals surface area (Å²) in [4.78, 5) is 23.5. The largest absolute Gasteiger partial charge is 0.386 e. The zero-order valence-corrected chi connectivity index (χ0v) is 11.4.